The highest BCUT2D eigenvalue weighted by Gasteiger charge is 2.31. The van der Waals surface area contributed by atoms with Crippen LogP contribution in [0.25, 0.3) is 0 Å². The van der Waals surface area contributed by atoms with Crippen molar-refractivity contribution in [3.8, 4) is 0 Å². The first-order valence-corrected chi connectivity index (χ1v) is 11.4. The minimum Gasteiger partial charge on any atom is -0.378 e. The van der Waals surface area contributed by atoms with Gasteiger partial charge in [0, 0.05) is 21.1 Å². The Morgan fingerprint density at radius 2 is 1.65 bits per heavy atom. The molecule has 1 fully saturated rings. The molecule has 0 N–H and O–H groups in total. The first kappa shape index (κ1) is 18.0. The second-order valence-electron chi connectivity index (χ2n) is 6.87. The molecule has 0 bridgehead atoms. The van der Waals surface area contributed by atoms with Crippen molar-refractivity contribution in [1.29, 1.82) is 0 Å². The Balaban J connectivity index is 2.04. The Bertz CT molecular complexity index is 260. The van der Waals surface area contributed by atoms with Crippen LogP contribution in [0.4, 0.5) is 13.2 Å². The smallest absolute Gasteiger partial charge is 0.378 e. The summed E-state index contributed by atoms with van der Waals surface area (Å²) in [4.78, 5) is 0. The second-order valence-corrected chi connectivity index (χ2v) is 12.2. The van der Waals surface area contributed by atoms with E-state index in [0.29, 0.717) is 12.1 Å². The Morgan fingerprint density at radius 3 is 2.25 bits per heavy atom. The second kappa shape index (κ2) is 8.42. The molecule has 0 spiro atoms. The minimum absolute atomic E-state index is 0.361. The van der Waals surface area contributed by atoms with Gasteiger partial charge in [0.25, 0.3) is 0 Å². The summed E-state index contributed by atoms with van der Waals surface area (Å²) >= 11 is 0. The Labute approximate surface area is 122 Å². The van der Waals surface area contributed by atoms with Crippen molar-refractivity contribution in [2.75, 3.05) is 6.61 Å². The SMILES string of the molecule is C[Si](C)(CCCCOC1CCCCC1)CCC(F)(F)F. The van der Waals surface area contributed by atoms with Crippen molar-refractivity contribution in [2.45, 2.75) is 88.8 Å². The molecule has 0 aromatic carbocycles. The van der Waals surface area contributed by atoms with Crippen LogP contribution in [0.15, 0.2) is 0 Å². The highest BCUT2D eigenvalue weighted by Crippen LogP contribution is 2.29. The lowest BCUT2D eigenvalue weighted by Crippen LogP contribution is -2.27. The topological polar surface area (TPSA) is 9.23 Å². The van der Waals surface area contributed by atoms with Gasteiger partial charge in [-0.15, -0.1) is 0 Å². The third kappa shape index (κ3) is 9.00. The van der Waals surface area contributed by atoms with Crippen molar-refractivity contribution < 1.29 is 17.9 Å². The number of rotatable bonds is 8. The molecule has 0 saturated heterocycles. The van der Waals surface area contributed by atoms with Crippen LogP contribution in [-0.4, -0.2) is 27.0 Å². The predicted molar refractivity (Wildman–Crippen MR) is 79.8 cm³/mol. The van der Waals surface area contributed by atoms with Crippen molar-refractivity contribution >= 4 is 8.07 Å². The van der Waals surface area contributed by atoms with E-state index in [1.54, 1.807) is 0 Å². The molecule has 0 radical (unpaired) electrons. The fourth-order valence-corrected chi connectivity index (χ4v) is 5.21. The maximum Gasteiger partial charge on any atom is 0.388 e. The molecule has 1 nitrogen and oxygen atoms in total. The lowest BCUT2D eigenvalue weighted by atomic mass is 9.98. The van der Waals surface area contributed by atoms with E-state index >= 15 is 0 Å². The van der Waals surface area contributed by atoms with E-state index in [1.165, 1.54) is 32.1 Å². The molecule has 0 unspecified atom stereocenters. The number of hydrogen-bond acceptors (Lipinski definition) is 1. The van der Waals surface area contributed by atoms with Crippen molar-refractivity contribution in [1.82, 2.24) is 0 Å². The first-order chi connectivity index (χ1) is 9.29. The van der Waals surface area contributed by atoms with Crippen molar-refractivity contribution in [3.05, 3.63) is 0 Å². The van der Waals surface area contributed by atoms with Gasteiger partial charge in [0.1, 0.15) is 0 Å². The summed E-state index contributed by atoms with van der Waals surface area (Å²) in [6.07, 6.45) is 4.13. The van der Waals surface area contributed by atoms with Crippen molar-refractivity contribution in [3.63, 3.8) is 0 Å². The fraction of sp³-hybridized carbons (Fsp3) is 1.00. The van der Waals surface area contributed by atoms with E-state index in [0.717, 1.165) is 25.5 Å². The van der Waals surface area contributed by atoms with Gasteiger partial charge < -0.3 is 4.74 Å². The van der Waals surface area contributed by atoms with E-state index < -0.39 is 20.7 Å². The summed E-state index contributed by atoms with van der Waals surface area (Å²) < 4.78 is 42.6. The lowest BCUT2D eigenvalue weighted by Gasteiger charge is -2.24. The van der Waals surface area contributed by atoms with Gasteiger partial charge in [-0.2, -0.15) is 13.2 Å². The Morgan fingerprint density at radius 1 is 1.00 bits per heavy atom. The molecule has 1 saturated carbocycles. The van der Waals surface area contributed by atoms with Gasteiger partial charge in [-0.1, -0.05) is 44.8 Å². The maximum absolute atomic E-state index is 12.2. The van der Waals surface area contributed by atoms with Gasteiger partial charge in [-0.3, -0.25) is 0 Å². The zero-order valence-electron chi connectivity index (χ0n) is 12.9. The third-order valence-electron chi connectivity index (χ3n) is 4.24. The highest BCUT2D eigenvalue weighted by atomic mass is 28.3. The maximum atomic E-state index is 12.2. The summed E-state index contributed by atoms with van der Waals surface area (Å²) in [5.41, 5.74) is 0. The summed E-state index contributed by atoms with van der Waals surface area (Å²) in [5, 5.41) is 0. The van der Waals surface area contributed by atoms with Gasteiger partial charge in [0.2, 0.25) is 0 Å². The molecule has 5 heteroatoms. The van der Waals surface area contributed by atoms with Crippen LogP contribution in [0.1, 0.15) is 51.4 Å². The van der Waals surface area contributed by atoms with Crippen LogP contribution < -0.4 is 0 Å². The zero-order valence-corrected chi connectivity index (χ0v) is 13.9. The Hall–Kier alpha value is -0.0331. The molecule has 1 rings (SSSR count). The van der Waals surface area contributed by atoms with Crippen LogP contribution in [0.2, 0.25) is 25.2 Å². The number of alkyl halides is 3. The van der Waals surface area contributed by atoms with Crippen LogP contribution in [0.5, 0.6) is 0 Å². The number of hydrogen-bond donors (Lipinski definition) is 0. The van der Waals surface area contributed by atoms with Crippen LogP contribution in [0, 0.1) is 0 Å². The van der Waals surface area contributed by atoms with Gasteiger partial charge in [0.15, 0.2) is 0 Å². The van der Waals surface area contributed by atoms with Crippen LogP contribution >= 0.6 is 0 Å². The molecule has 0 aromatic heterocycles. The predicted octanol–water partition coefficient (Wildman–Crippen LogP) is 5.78. The average Bonchev–Trinajstić information content (AvgIpc) is 2.37. The number of halogens is 3. The third-order valence-corrected chi connectivity index (χ3v) is 7.55. The van der Waals surface area contributed by atoms with Gasteiger partial charge in [0.05, 0.1) is 6.10 Å². The molecule has 0 atom stereocenters. The van der Waals surface area contributed by atoms with E-state index in [4.69, 9.17) is 4.74 Å². The average molecular weight is 310 g/mol. The summed E-state index contributed by atoms with van der Waals surface area (Å²) in [7, 11) is -1.68. The standard InChI is InChI=1S/C15H29F3OSi/c1-20(2,13-10-15(16,17)18)12-7-6-11-19-14-8-4-3-5-9-14/h14H,3-13H2,1-2H3. The molecular weight excluding hydrogens is 281 g/mol. The van der Waals surface area contributed by atoms with E-state index in [1.807, 2.05) is 0 Å². The molecule has 0 aliphatic heterocycles. The quantitative estimate of drug-likeness (QED) is 0.408. The van der Waals surface area contributed by atoms with E-state index in [2.05, 4.69) is 13.1 Å². The summed E-state index contributed by atoms with van der Waals surface area (Å²) in [6.45, 7) is 4.93. The lowest BCUT2D eigenvalue weighted by molar-refractivity contribution is -0.130. The molecule has 120 valence electrons. The van der Waals surface area contributed by atoms with Crippen LogP contribution in [0.3, 0.4) is 0 Å². The molecule has 1 aliphatic rings. The monoisotopic (exact) mass is 310 g/mol. The van der Waals surface area contributed by atoms with Crippen LogP contribution in [-0.2, 0) is 4.74 Å². The summed E-state index contributed by atoms with van der Waals surface area (Å²) in [6, 6.07) is 1.34. The largest absolute Gasteiger partial charge is 0.388 e. The normalized spacial score (nSPS) is 18.4. The summed E-state index contributed by atoms with van der Waals surface area (Å²) in [5.74, 6) is 0. The molecular formula is C15H29F3OSi. The van der Waals surface area contributed by atoms with Crippen molar-refractivity contribution in [2.24, 2.45) is 0 Å². The van der Waals surface area contributed by atoms with E-state index in [-0.39, 0.29) is 0 Å². The zero-order chi connectivity index (χ0) is 15.1. The molecule has 20 heavy (non-hydrogen) atoms. The van der Waals surface area contributed by atoms with E-state index in [9.17, 15) is 13.2 Å². The number of unbranched alkanes of at least 4 members (excludes halogenated alkanes) is 1. The highest BCUT2D eigenvalue weighted by molar-refractivity contribution is 6.77. The Kier molecular flexibility index (Phi) is 7.58. The molecule has 0 aromatic rings. The molecule has 1 aliphatic carbocycles. The van der Waals surface area contributed by atoms with Gasteiger partial charge in [-0.25, -0.2) is 0 Å². The number of ether oxygens (including phenoxy) is 1. The minimum atomic E-state index is -3.99. The molecule has 0 amide bonds. The fourth-order valence-electron chi connectivity index (χ4n) is 2.79. The molecule has 0 heterocycles. The van der Waals surface area contributed by atoms with Gasteiger partial charge in [-0.05, 0) is 25.3 Å². The first-order valence-electron chi connectivity index (χ1n) is 7.97. The van der Waals surface area contributed by atoms with Gasteiger partial charge >= 0.3 is 6.18 Å².